The van der Waals surface area contributed by atoms with Crippen LogP contribution in [-0.2, 0) is 18.3 Å². The van der Waals surface area contributed by atoms with Gasteiger partial charge >= 0.3 is 0 Å². The van der Waals surface area contributed by atoms with Gasteiger partial charge < -0.3 is 14.8 Å². The zero-order chi connectivity index (χ0) is 12.9. The van der Waals surface area contributed by atoms with Crippen LogP contribution in [0, 0.1) is 0 Å². The molecule has 0 spiro atoms. The molecule has 0 amide bonds. The minimum absolute atomic E-state index is 0.294. The standard InChI is InChI=1S/C16H21NO2/c1-17-10-16(5-2-6-16)14-12-4-8-18-13(12)9-11-3-7-19-15(11)14/h9,17H,2-8,10H2,1H3. The molecule has 0 radical (unpaired) electrons. The van der Waals surface area contributed by atoms with Crippen LogP contribution in [0.2, 0.25) is 0 Å². The molecule has 1 aliphatic carbocycles. The molecule has 1 aromatic rings. The predicted octanol–water partition coefficient (Wildman–Crippen LogP) is 2.20. The van der Waals surface area contributed by atoms with Crippen LogP contribution < -0.4 is 14.8 Å². The number of hydrogen-bond acceptors (Lipinski definition) is 3. The summed E-state index contributed by atoms with van der Waals surface area (Å²) in [6.07, 6.45) is 5.97. The van der Waals surface area contributed by atoms with E-state index >= 15 is 0 Å². The fraction of sp³-hybridized carbons (Fsp3) is 0.625. The van der Waals surface area contributed by atoms with Gasteiger partial charge in [0.2, 0.25) is 0 Å². The van der Waals surface area contributed by atoms with Gasteiger partial charge in [0.05, 0.1) is 13.2 Å². The third-order valence-electron chi connectivity index (χ3n) is 5.01. The maximum atomic E-state index is 6.00. The summed E-state index contributed by atoms with van der Waals surface area (Å²) < 4.78 is 11.8. The van der Waals surface area contributed by atoms with E-state index in [1.165, 1.54) is 41.7 Å². The lowest BCUT2D eigenvalue weighted by molar-refractivity contribution is 0.227. The van der Waals surface area contributed by atoms with E-state index in [0.29, 0.717) is 5.41 Å². The number of rotatable bonds is 3. The Hall–Kier alpha value is -1.22. The molecule has 0 unspecified atom stereocenters. The van der Waals surface area contributed by atoms with Crippen LogP contribution in [0.15, 0.2) is 6.07 Å². The fourth-order valence-corrected chi connectivity index (χ4v) is 4.00. The highest BCUT2D eigenvalue weighted by molar-refractivity contribution is 5.60. The van der Waals surface area contributed by atoms with Crippen molar-refractivity contribution in [2.45, 2.75) is 37.5 Å². The summed E-state index contributed by atoms with van der Waals surface area (Å²) in [5.74, 6) is 2.32. The van der Waals surface area contributed by atoms with Crippen LogP contribution in [0.3, 0.4) is 0 Å². The average molecular weight is 259 g/mol. The number of benzene rings is 1. The second kappa shape index (κ2) is 4.14. The lowest BCUT2D eigenvalue weighted by Gasteiger charge is -2.44. The van der Waals surface area contributed by atoms with E-state index < -0.39 is 0 Å². The van der Waals surface area contributed by atoms with Gasteiger partial charge in [-0.2, -0.15) is 0 Å². The zero-order valence-electron chi connectivity index (χ0n) is 11.6. The lowest BCUT2D eigenvalue weighted by atomic mass is 9.62. The van der Waals surface area contributed by atoms with Crippen LogP contribution in [0.5, 0.6) is 11.5 Å². The summed E-state index contributed by atoms with van der Waals surface area (Å²) >= 11 is 0. The van der Waals surface area contributed by atoms with Crippen LogP contribution in [0.25, 0.3) is 0 Å². The van der Waals surface area contributed by atoms with Crippen molar-refractivity contribution in [2.24, 2.45) is 0 Å². The number of likely N-dealkylation sites (N-methyl/N-ethyl adjacent to an activating group) is 1. The molecule has 3 nitrogen and oxygen atoms in total. The number of fused-ring (bicyclic) bond motifs is 2. The van der Waals surface area contributed by atoms with Gasteiger partial charge in [0.15, 0.2) is 0 Å². The molecule has 1 N–H and O–H groups in total. The van der Waals surface area contributed by atoms with E-state index in [4.69, 9.17) is 9.47 Å². The molecule has 102 valence electrons. The number of ether oxygens (including phenoxy) is 2. The monoisotopic (exact) mass is 259 g/mol. The first kappa shape index (κ1) is 11.6. The van der Waals surface area contributed by atoms with E-state index in [-0.39, 0.29) is 0 Å². The summed E-state index contributed by atoms with van der Waals surface area (Å²) in [6, 6.07) is 2.22. The maximum absolute atomic E-state index is 6.00. The second-order valence-electron chi connectivity index (χ2n) is 6.08. The Kier molecular flexibility index (Phi) is 2.52. The number of nitrogens with one attached hydrogen (secondary N) is 1. The fourth-order valence-electron chi connectivity index (χ4n) is 4.00. The van der Waals surface area contributed by atoms with Gasteiger partial charge in [0.1, 0.15) is 11.5 Å². The van der Waals surface area contributed by atoms with E-state index in [1.54, 1.807) is 0 Å². The molecule has 2 heterocycles. The van der Waals surface area contributed by atoms with Gasteiger partial charge in [-0.15, -0.1) is 0 Å². The first-order valence-corrected chi connectivity index (χ1v) is 7.43. The number of hydrogen-bond donors (Lipinski definition) is 1. The lowest BCUT2D eigenvalue weighted by Crippen LogP contribution is -2.43. The molecule has 1 fully saturated rings. The summed E-state index contributed by atoms with van der Waals surface area (Å²) in [6.45, 7) is 2.72. The SMILES string of the molecule is CNCC1(c2c3c(cc4c2OCC4)OCC3)CCC1. The summed E-state index contributed by atoms with van der Waals surface area (Å²) in [5.41, 5.74) is 4.56. The van der Waals surface area contributed by atoms with E-state index in [1.807, 2.05) is 0 Å². The van der Waals surface area contributed by atoms with E-state index in [0.717, 1.165) is 38.3 Å². The van der Waals surface area contributed by atoms with Crippen molar-refractivity contribution in [2.75, 3.05) is 26.8 Å². The molecular weight excluding hydrogens is 238 g/mol. The van der Waals surface area contributed by atoms with Crippen molar-refractivity contribution in [1.82, 2.24) is 5.32 Å². The Morgan fingerprint density at radius 3 is 2.79 bits per heavy atom. The molecule has 19 heavy (non-hydrogen) atoms. The van der Waals surface area contributed by atoms with Crippen molar-refractivity contribution in [3.05, 3.63) is 22.8 Å². The highest BCUT2D eigenvalue weighted by Gasteiger charge is 2.44. The van der Waals surface area contributed by atoms with Gasteiger partial charge in [-0.25, -0.2) is 0 Å². The topological polar surface area (TPSA) is 30.5 Å². The van der Waals surface area contributed by atoms with Gasteiger partial charge in [0, 0.05) is 41.5 Å². The Labute approximate surface area is 114 Å². The first-order valence-electron chi connectivity index (χ1n) is 7.43. The Morgan fingerprint density at radius 1 is 1.21 bits per heavy atom. The molecule has 0 aromatic heterocycles. The van der Waals surface area contributed by atoms with E-state index in [2.05, 4.69) is 18.4 Å². The first-order chi connectivity index (χ1) is 9.34. The molecule has 0 atom stereocenters. The van der Waals surface area contributed by atoms with Crippen LogP contribution in [0.4, 0.5) is 0 Å². The summed E-state index contributed by atoms with van der Waals surface area (Å²) in [4.78, 5) is 0. The Balaban J connectivity index is 1.91. The molecule has 3 aliphatic rings. The second-order valence-corrected chi connectivity index (χ2v) is 6.08. The molecule has 0 saturated heterocycles. The van der Waals surface area contributed by atoms with Gasteiger partial charge in [-0.1, -0.05) is 6.42 Å². The molecule has 4 rings (SSSR count). The van der Waals surface area contributed by atoms with Gasteiger partial charge in [0.25, 0.3) is 0 Å². The van der Waals surface area contributed by atoms with Crippen molar-refractivity contribution < 1.29 is 9.47 Å². The third kappa shape index (κ3) is 1.54. The Bertz CT molecular complexity index is 488. The van der Waals surface area contributed by atoms with Gasteiger partial charge in [-0.3, -0.25) is 0 Å². The smallest absolute Gasteiger partial charge is 0.126 e. The normalized spacial score (nSPS) is 22.2. The molecule has 3 heteroatoms. The maximum Gasteiger partial charge on any atom is 0.126 e. The Morgan fingerprint density at radius 2 is 2.05 bits per heavy atom. The summed E-state index contributed by atoms with van der Waals surface area (Å²) in [5, 5.41) is 3.39. The highest BCUT2D eigenvalue weighted by Crippen LogP contribution is 2.53. The van der Waals surface area contributed by atoms with Crippen molar-refractivity contribution in [1.29, 1.82) is 0 Å². The zero-order valence-corrected chi connectivity index (χ0v) is 11.6. The van der Waals surface area contributed by atoms with Crippen molar-refractivity contribution in [3.63, 3.8) is 0 Å². The average Bonchev–Trinajstić information content (AvgIpc) is 2.98. The largest absolute Gasteiger partial charge is 0.493 e. The van der Waals surface area contributed by atoms with Crippen LogP contribution in [-0.4, -0.2) is 26.8 Å². The van der Waals surface area contributed by atoms with Crippen molar-refractivity contribution >= 4 is 0 Å². The third-order valence-corrected chi connectivity index (χ3v) is 5.01. The minimum Gasteiger partial charge on any atom is -0.493 e. The summed E-state index contributed by atoms with van der Waals surface area (Å²) in [7, 11) is 2.06. The van der Waals surface area contributed by atoms with Crippen molar-refractivity contribution in [3.8, 4) is 11.5 Å². The van der Waals surface area contributed by atoms with Crippen LogP contribution >= 0.6 is 0 Å². The quantitative estimate of drug-likeness (QED) is 0.902. The minimum atomic E-state index is 0.294. The molecule has 1 aromatic carbocycles. The predicted molar refractivity (Wildman–Crippen MR) is 74.3 cm³/mol. The van der Waals surface area contributed by atoms with Gasteiger partial charge in [-0.05, 0) is 26.0 Å². The van der Waals surface area contributed by atoms with E-state index in [9.17, 15) is 0 Å². The molecular formula is C16H21NO2. The molecule has 0 bridgehead atoms. The van der Waals surface area contributed by atoms with Crippen LogP contribution in [0.1, 0.15) is 36.0 Å². The molecule has 2 aliphatic heterocycles. The highest BCUT2D eigenvalue weighted by atomic mass is 16.5. The molecule has 1 saturated carbocycles.